The zero-order valence-electron chi connectivity index (χ0n) is 9.12. The number of nitrogens with zero attached hydrogens (tertiary/aromatic N) is 1. The van der Waals surface area contributed by atoms with Gasteiger partial charge in [0, 0.05) is 23.2 Å². The van der Waals surface area contributed by atoms with Crippen LogP contribution in [0.5, 0.6) is 0 Å². The molecule has 0 bridgehead atoms. The molecule has 2 heterocycles. The van der Waals surface area contributed by atoms with Gasteiger partial charge in [-0.1, -0.05) is 6.42 Å². The molecule has 1 saturated heterocycles. The van der Waals surface area contributed by atoms with Gasteiger partial charge in [0.05, 0.1) is 0 Å². The highest BCUT2D eigenvalue weighted by Crippen LogP contribution is 2.27. The molecule has 0 aliphatic carbocycles. The maximum atomic E-state index is 2.46. The van der Waals surface area contributed by atoms with Crippen molar-refractivity contribution in [3.8, 4) is 0 Å². The second kappa shape index (κ2) is 4.43. The summed E-state index contributed by atoms with van der Waals surface area (Å²) in [4.78, 5) is 0. The van der Waals surface area contributed by atoms with E-state index >= 15 is 0 Å². The molecule has 0 aromatic carbocycles. The van der Waals surface area contributed by atoms with Crippen LogP contribution < -0.4 is 0 Å². The monoisotopic (exact) mass is 209 g/mol. The summed E-state index contributed by atoms with van der Waals surface area (Å²) < 4.78 is 2.46. The molecule has 0 N–H and O–H groups in total. The summed E-state index contributed by atoms with van der Waals surface area (Å²) in [5.74, 6) is 1.37. The van der Waals surface area contributed by atoms with E-state index in [4.69, 9.17) is 0 Å². The van der Waals surface area contributed by atoms with Crippen molar-refractivity contribution in [1.82, 2.24) is 4.57 Å². The SMILES string of the molecule is Cc1ccc(C)n1CC1CCCCS1. The average Bonchev–Trinajstić information content (AvgIpc) is 2.51. The molecule has 0 saturated carbocycles. The highest BCUT2D eigenvalue weighted by Gasteiger charge is 2.15. The van der Waals surface area contributed by atoms with Gasteiger partial charge in [-0.25, -0.2) is 0 Å². The Morgan fingerprint density at radius 1 is 1.29 bits per heavy atom. The van der Waals surface area contributed by atoms with Crippen molar-refractivity contribution in [2.24, 2.45) is 0 Å². The highest BCUT2D eigenvalue weighted by molar-refractivity contribution is 7.99. The molecular weight excluding hydrogens is 190 g/mol. The average molecular weight is 209 g/mol. The van der Waals surface area contributed by atoms with Gasteiger partial charge in [0.1, 0.15) is 0 Å². The smallest absolute Gasteiger partial charge is 0.0343 e. The van der Waals surface area contributed by atoms with Crippen LogP contribution in [-0.4, -0.2) is 15.6 Å². The Morgan fingerprint density at radius 2 is 2.00 bits per heavy atom. The third-order valence-corrected chi connectivity index (χ3v) is 4.46. The lowest BCUT2D eigenvalue weighted by atomic mass is 10.2. The van der Waals surface area contributed by atoms with Crippen LogP contribution in [0.25, 0.3) is 0 Å². The molecule has 78 valence electrons. The summed E-state index contributed by atoms with van der Waals surface area (Å²) in [5.41, 5.74) is 2.82. The quantitative estimate of drug-likeness (QED) is 0.723. The predicted molar refractivity (Wildman–Crippen MR) is 64.0 cm³/mol. The third kappa shape index (κ3) is 2.17. The van der Waals surface area contributed by atoms with Crippen LogP contribution in [0.15, 0.2) is 12.1 Å². The van der Waals surface area contributed by atoms with E-state index in [-0.39, 0.29) is 0 Å². The molecule has 1 aromatic heterocycles. The second-order valence-corrected chi connectivity index (χ2v) is 5.62. The van der Waals surface area contributed by atoms with Crippen LogP contribution in [0.3, 0.4) is 0 Å². The van der Waals surface area contributed by atoms with Gasteiger partial charge in [-0.05, 0) is 44.6 Å². The fourth-order valence-electron chi connectivity index (χ4n) is 2.14. The molecule has 14 heavy (non-hydrogen) atoms. The summed E-state index contributed by atoms with van der Waals surface area (Å²) in [6.07, 6.45) is 4.25. The number of hydrogen-bond donors (Lipinski definition) is 0. The first-order valence-electron chi connectivity index (χ1n) is 5.51. The summed E-state index contributed by atoms with van der Waals surface area (Å²) in [5, 5.41) is 0.855. The normalized spacial score (nSPS) is 22.6. The first kappa shape index (κ1) is 10.2. The van der Waals surface area contributed by atoms with Crippen LogP contribution in [0.4, 0.5) is 0 Å². The topological polar surface area (TPSA) is 4.93 Å². The first-order chi connectivity index (χ1) is 6.77. The van der Waals surface area contributed by atoms with Gasteiger partial charge in [0.15, 0.2) is 0 Å². The predicted octanol–water partition coefficient (Wildman–Crippen LogP) is 3.39. The molecule has 1 nitrogen and oxygen atoms in total. The minimum absolute atomic E-state index is 0.855. The van der Waals surface area contributed by atoms with Crippen molar-refractivity contribution in [3.63, 3.8) is 0 Å². The van der Waals surface area contributed by atoms with Crippen molar-refractivity contribution in [2.45, 2.75) is 44.9 Å². The molecular formula is C12H19NS. The molecule has 1 aliphatic heterocycles. The summed E-state index contributed by atoms with van der Waals surface area (Å²) in [7, 11) is 0. The van der Waals surface area contributed by atoms with E-state index in [2.05, 4.69) is 42.3 Å². The van der Waals surface area contributed by atoms with Crippen LogP contribution in [0.2, 0.25) is 0 Å². The second-order valence-electron chi connectivity index (χ2n) is 4.22. The maximum absolute atomic E-state index is 2.46. The molecule has 0 spiro atoms. The third-order valence-electron chi connectivity index (χ3n) is 3.08. The van der Waals surface area contributed by atoms with Crippen molar-refractivity contribution >= 4 is 11.8 Å². The molecule has 1 aromatic rings. The van der Waals surface area contributed by atoms with Crippen LogP contribution in [-0.2, 0) is 6.54 Å². The molecule has 2 rings (SSSR count). The van der Waals surface area contributed by atoms with Gasteiger partial charge in [-0.2, -0.15) is 11.8 Å². The van der Waals surface area contributed by atoms with Gasteiger partial charge in [-0.3, -0.25) is 0 Å². The van der Waals surface area contributed by atoms with Gasteiger partial charge in [0.25, 0.3) is 0 Å². The summed E-state index contributed by atoms with van der Waals surface area (Å²) >= 11 is 2.16. The number of aromatic nitrogens is 1. The Morgan fingerprint density at radius 3 is 2.57 bits per heavy atom. The minimum atomic E-state index is 0.855. The van der Waals surface area contributed by atoms with Crippen LogP contribution in [0, 0.1) is 13.8 Å². The molecule has 1 atom stereocenters. The van der Waals surface area contributed by atoms with Gasteiger partial charge in [0.2, 0.25) is 0 Å². The Kier molecular flexibility index (Phi) is 3.22. The van der Waals surface area contributed by atoms with E-state index in [0.717, 1.165) is 5.25 Å². The van der Waals surface area contributed by atoms with Crippen molar-refractivity contribution < 1.29 is 0 Å². The molecule has 2 heteroatoms. The van der Waals surface area contributed by atoms with Crippen LogP contribution >= 0.6 is 11.8 Å². The number of rotatable bonds is 2. The van der Waals surface area contributed by atoms with Gasteiger partial charge >= 0.3 is 0 Å². The van der Waals surface area contributed by atoms with E-state index in [1.54, 1.807) is 0 Å². The van der Waals surface area contributed by atoms with E-state index < -0.39 is 0 Å². The van der Waals surface area contributed by atoms with E-state index in [1.165, 1.54) is 42.9 Å². The van der Waals surface area contributed by atoms with Crippen molar-refractivity contribution in [3.05, 3.63) is 23.5 Å². The Labute approximate surface area is 90.9 Å². The zero-order valence-corrected chi connectivity index (χ0v) is 9.94. The summed E-state index contributed by atoms with van der Waals surface area (Å²) in [6, 6.07) is 4.45. The lowest BCUT2D eigenvalue weighted by molar-refractivity contribution is 0.570. The van der Waals surface area contributed by atoms with E-state index in [9.17, 15) is 0 Å². The molecule has 1 unspecified atom stereocenters. The standard InChI is InChI=1S/C12H19NS/c1-10-6-7-11(2)13(10)9-12-5-3-4-8-14-12/h6-7,12H,3-5,8-9H2,1-2H3. The van der Waals surface area contributed by atoms with E-state index in [1.807, 2.05) is 0 Å². The van der Waals surface area contributed by atoms with E-state index in [0.29, 0.717) is 0 Å². The van der Waals surface area contributed by atoms with Crippen LogP contribution in [0.1, 0.15) is 30.7 Å². The molecule has 1 fully saturated rings. The van der Waals surface area contributed by atoms with Crippen molar-refractivity contribution in [1.29, 1.82) is 0 Å². The Bertz CT molecular complexity index is 278. The largest absolute Gasteiger partial charge is 0.348 e. The minimum Gasteiger partial charge on any atom is -0.348 e. The highest BCUT2D eigenvalue weighted by atomic mass is 32.2. The maximum Gasteiger partial charge on any atom is 0.0343 e. The number of aryl methyl sites for hydroxylation is 2. The van der Waals surface area contributed by atoms with Gasteiger partial charge in [-0.15, -0.1) is 0 Å². The first-order valence-corrected chi connectivity index (χ1v) is 6.56. The fourth-order valence-corrected chi connectivity index (χ4v) is 3.43. The number of thioether (sulfide) groups is 1. The lowest BCUT2D eigenvalue weighted by Gasteiger charge is -2.23. The summed E-state index contributed by atoms with van der Waals surface area (Å²) in [6.45, 7) is 5.64. The fraction of sp³-hybridized carbons (Fsp3) is 0.667. The molecule has 1 aliphatic rings. The molecule has 0 amide bonds. The molecule has 0 radical (unpaired) electrons. The zero-order chi connectivity index (χ0) is 9.97. The number of hydrogen-bond acceptors (Lipinski definition) is 1. The Balaban J connectivity index is 2.02. The Hall–Kier alpha value is -0.370. The lowest BCUT2D eigenvalue weighted by Crippen LogP contribution is -2.18. The van der Waals surface area contributed by atoms with Crippen molar-refractivity contribution in [2.75, 3.05) is 5.75 Å². The van der Waals surface area contributed by atoms with Gasteiger partial charge < -0.3 is 4.57 Å².